The second-order valence-corrected chi connectivity index (χ2v) is 6.60. The second-order valence-electron chi connectivity index (χ2n) is 6.60. The first-order valence-electron chi connectivity index (χ1n) is 8.88. The number of hydrogen-bond acceptors (Lipinski definition) is 5. The van der Waals surface area contributed by atoms with Crippen molar-refractivity contribution in [2.45, 2.75) is 13.3 Å². The zero-order chi connectivity index (χ0) is 20.5. The smallest absolute Gasteiger partial charge is 0.334 e. The van der Waals surface area contributed by atoms with Gasteiger partial charge in [-0.1, -0.05) is 6.07 Å². The SMILES string of the molecule is C/C(=N/N(C)C(N)=O)c1ccc2ncc(Cc3cc4cccnc4cc3F)n2n1. The molecule has 0 unspecified atom stereocenters. The summed E-state index contributed by atoms with van der Waals surface area (Å²) in [6.45, 7) is 1.72. The topological polar surface area (TPSA) is 102 Å². The van der Waals surface area contributed by atoms with E-state index in [9.17, 15) is 9.18 Å². The number of primary amides is 1. The van der Waals surface area contributed by atoms with Gasteiger partial charge in [0.2, 0.25) is 0 Å². The number of fused-ring (bicyclic) bond motifs is 2. The molecule has 2 N–H and O–H groups in total. The highest BCUT2D eigenvalue weighted by atomic mass is 19.1. The van der Waals surface area contributed by atoms with Crippen LogP contribution in [0.2, 0.25) is 0 Å². The first-order chi connectivity index (χ1) is 13.9. The van der Waals surface area contributed by atoms with Crippen LogP contribution in [-0.4, -0.2) is 43.4 Å². The molecule has 1 aromatic carbocycles. The molecule has 0 atom stereocenters. The average molecular weight is 391 g/mol. The lowest BCUT2D eigenvalue weighted by atomic mass is 10.1. The maximum absolute atomic E-state index is 14.6. The van der Waals surface area contributed by atoms with Crippen molar-refractivity contribution in [2.75, 3.05) is 7.05 Å². The Bertz CT molecular complexity index is 1260. The number of imidazole rings is 1. The van der Waals surface area contributed by atoms with Gasteiger partial charge in [0, 0.05) is 31.1 Å². The van der Waals surface area contributed by atoms with Crippen molar-refractivity contribution in [1.29, 1.82) is 0 Å². The second kappa shape index (κ2) is 7.27. The highest BCUT2D eigenvalue weighted by Gasteiger charge is 2.12. The third-order valence-electron chi connectivity index (χ3n) is 4.57. The van der Waals surface area contributed by atoms with E-state index in [0.717, 1.165) is 16.1 Å². The maximum atomic E-state index is 14.6. The first kappa shape index (κ1) is 18.5. The maximum Gasteiger partial charge on any atom is 0.334 e. The number of hydrogen-bond donors (Lipinski definition) is 1. The molecule has 4 aromatic rings. The van der Waals surface area contributed by atoms with Gasteiger partial charge in [-0.15, -0.1) is 0 Å². The number of pyridine rings is 1. The van der Waals surface area contributed by atoms with Crippen LogP contribution in [0.3, 0.4) is 0 Å². The first-order valence-corrected chi connectivity index (χ1v) is 8.88. The Hall–Kier alpha value is -3.88. The Labute approximate surface area is 165 Å². The van der Waals surface area contributed by atoms with E-state index >= 15 is 0 Å². The van der Waals surface area contributed by atoms with Gasteiger partial charge in [-0.3, -0.25) is 4.98 Å². The van der Waals surface area contributed by atoms with Gasteiger partial charge >= 0.3 is 6.03 Å². The summed E-state index contributed by atoms with van der Waals surface area (Å²) in [7, 11) is 1.46. The predicted octanol–water partition coefficient (Wildman–Crippen LogP) is 2.74. The van der Waals surface area contributed by atoms with E-state index in [0.29, 0.717) is 34.6 Å². The van der Waals surface area contributed by atoms with Gasteiger partial charge < -0.3 is 5.73 Å². The number of carbonyl (C=O) groups excluding carboxylic acids is 1. The van der Waals surface area contributed by atoms with Crippen molar-refractivity contribution in [3.63, 3.8) is 0 Å². The van der Waals surface area contributed by atoms with Gasteiger partial charge in [0.25, 0.3) is 0 Å². The predicted molar refractivity (Wildman–Crippen MR) is 107 cm³/mol. The minimum Gasteiger partial charge on any atom is -0.350 e. The molecule has 9 heteroatoms. The Kier molecular flexibility index (Phi) is 4.63. The van der Waals surface area contributed by atoms with Gasteiger partial charge in [-0.25, -0.2) is 23.7 Å². The molecule has 0 saturated carbocycles. The van der Waals surface area contributed by atoms with E-state index < -0.39 is 6.03 Å². The van der Waals surface area contributed by atoms with E-state index in [1.807, 2.05) is 12.1 Å². The molecule has 2 amide bonds. The molecule has 3 heterocycles. The van der Waals surface area contributed by atoms with Crippen molar-refractivity contribution in [3.8, 4) is 0 Å². The summed E-state index contributed by atoms with van der Waals surface area (Å²) < 4.78 is 16.2. The fourth-order valence-corrected chi connectivity index (χ4v) is 3.03. The van der Waals surface area contributed by atoms with Crippen LogP contribution in [0, 0.1) is 5.82 Å². The van der Waals surface area contributed by atoms with Crippen molar-refractivity contribution in [3.05, 3.63) is 71.6 Å². The number of amides is 2. The average Bonchev–Trinajstić information content (AvgIpc) is 3.10. The largest absolute Gasteiger partial charge is 0.350 e. The van der Waals surface area contributed by atoms with Crippen LogP contribution >= 0.6 is 0 Å². The van der Waals surface area contributed by atoms with Crippen molar-refractivity contribution in [2.24, 2.45) is 10.8 Å². The number of carbonyl (C=O) groups is 1. The summed E-state index contributed by atoms with van der Waals surface area (Å²) in [5, 5.41) is 10.6. The summed E-state index contributed by atoms with van der Waals surface area (Å²) in [6.07, 6.45) is 3.61. The minimum atomic E-state index is -0.671. The number of nitrogens with zero attached hydrogens (tertiary/aromatic N) is 6. The molecule has 0 fully saturated rings. The number of rotatable bonds is 4. The lowest BCUT2D eigenvalue weighted by Crippen LogP contribution is -2.28. The Balaban J connectivity index is 1.72. The number of nitrogens with two attached hydrogens (primary N) is 1. The lowest BCUT2D eigenvalue weighted by Gasteiger charge is -2.09. The molecular weight excluding hydrogens is 373 g/mol. The summed E-state index contributed by atoms with van der Waals surface area (Å²) in [6, 6.07) is 9.80. The number of urea groups is 1. The molecule has 146 valence electrons. The van der Waals surface area contributed by atoms with Crippen molar-refractivity contribution in [1.82, 2.24) is 24.6 Å². The molecule has 29 heavy (non-hydrogen) atoms. The van der Waals surface area contributed by atoms with Gasteiger partial charge in [0.05, 0.1) is 23.1 Å². The number of halogens is 1. The van der Waals surface area contributed by atoms with E-state index in [1.54, 1.807) is 42.0 Å². The highest BCUT2D eigenvalue weighted by molar-refractivity contribution is 5.97. The molecule has 0 saturated heterocycles. The molecule has 0 aliphatic heterocycles. The van der Waals surface area contributed by atoms with Gasteiger partial charge in [0.15, 0.2) is 5.65 Å². The monoisotopic (exact) mass is 391 g/mol. The number of benzene rings is 1. The van der Waals surface area contributed by atoms with Crippen molar-refractivity contribution < 1.29 is 9.18 Å². The van der Waals surface area contributed by atoms with Gasteiger partial charge in [0.1, 0.15) is 11.5 Å². The molecule has 0 bridgehead atoms. The molecule has 0 spiro atoms. The molecule has 4 rings (SSSR count). The quantitative estimate of drug-likeness (QED) is 0.427. The Morgan fingerprint density at radius 1 is 1.28 bits per heavy atom. The molecule has 0 aliphatic carbocycles. The number of aromatic nitrogens is 4. The van der Waals surface area contributed by atoms with Crippen LogP contribution in [0.4, 0.5) is 9.18 Å². The fraction of sp³-hybridized carbons (Fsp3) is 0.150. The van der Waals surface area contributed by atoms with Crippen LogP contribution in [0.15, 0.2) is 53.9 Å². The molecule has 0 aliphatic rings. The van der Waals surface area contributed by atoms with E-state index in [4.69, 9.17) is 5.73 Å². The lowest BCUT2D eigenvalue weighted by molar-refractivity contribution is 0.220. The molecule has 8 nitrogen and oxygen atoms in total. The third kappa shape index (κ3) is 3.62. The molecular formula is C20H18FN7O. The number of hydrazone groups is 1. The standard InChI is InChI=1S/C20H18FN7O/c1-12(25-27(2)20(22)29)17-5-6-19-24-11-15(28(19)26-17)9-14-8-13-4-3-7-23-18(13)10-16(14)21/h3-8,10-11H,9H2,1-2H3,(H2,22,29)/b25-12-. The van der Waals surface area contributed by atoms with E-state index in [-0.39, 0.29) is 5.82 Å². The van der Waals surface area contributed by atoms with Crippen LogP contribution in [-0.2, 0) is 6.42 Å². The van der Waals surface area contributed by atoms with Crippen LogP contribution < -0.4 is 5.73 Å². The fourth-order valence-electron chi connectivity index (χ4n) is 3.03. The summed E-state index contributed by atoms with van der Waals surface area (Å²) in [5.74, 6) is -0.330. The van der Waals surface area contributed by atoms with Crippen LogP contribution in [0.25, 0.3) is 16.6 Å². The third-order valence-corrected chi connectivity index (χ3v) is 4.57. The van der Waals surface area contributed by atoms with E-state index in [2.05, 4.69) is 20.2 Å². The summed E-state index contributed by atoms with van der Waals surface area (Å²) in [5.41, 5.74) is 8.75. The van der Waals surface area contributed by atoms with Crippen LogP contribution in [0.1, 0.15) is 23.9 Å². The minimum absolute atomic E-state index is 0.311. The summed E-state index contributed by atoms with van der Waals surface area (Å²) in [4.78, 5) is 19.7. The van der Waals surface area contributed by atoms with E-state index in [1.165, 1.54) is 13.1 Å². The highest BCUT2D eigenvalue weighted by Crippen LogP contribution is 2.20. The van der Waals surface area contributed by atoms with Gasteiger partial charge in [-0.2, -0.15) is 10.2 Å². The molecule has 3 aromatic heterocycles. The Morgan fingerprint density at radius 2 is 2.10 bits per heavy atom. The van der Waals surface area contributed by atoms with Crippen molar-refractivity contribution >= 4 is 28.3 Å². The zero-order valence-electron chi connectivity index (χ0n) is 15.9. The normalized spacial score (nSPS) is 11.9. The summed E-state index contributed by atoms with van der Waals surface area (Å²) >= 11 is 0. The van der Waals surface area contributed by atoms with Crippen LogP contribution in [0.5, 0.6) is 0 Å². The molecule has 0 radical (unpaired) electrons. The van der Waals surface area contributed by atoms with Gasteiger partial charge in [-0.05, 0) is 36.8 Å². The zero-order valence-corrected chi connectivity index (χ0v) is 15.9. The Morgan fingerprint density at radius 3 is 2.90 bits per heavy atom.